The molecule has 0 aromatic rings. The van der Waals surface area contributed by atoms with E-state index < -0.39 is 6.17 Å². The normalized spacial score (nSPS) is 49.0. The first-order valence-corrected chi connectivity index (χ1v) is 10.3. The fourth-order valence-corrected chi connectivity index (χ4v) is 6.07. The van der Waals surface area contributed by atoms with Crippen LogP contribution < -0.4 is 0 Å². The van der Waals surface area contributed by atoms with Crippen LogP contribution in [0, 0.1) is 35.5 Å². The van der Waals surface area contributed by atoms with Gasteiger partial charge in [-0.2, -0.15) is 0 Å². The summed E-state index contributed by atoms with van der Waals surface area (Å²) in [6.07, 6.45) is 12.6. The highest BCUT2D eigenvalue weighted by atomic mass is 19.1. The topological polar surface area (TPSA) is 9.23 Å². The van der Waals surface area contributed by atoms with Crippen LogP contribution >= 0.6 is 0 Å². The van der Waals surface area contributed by atoms with Crippen LogP contribution in [0.15, 0.2) is 0 Å². The number of methoxy groups -OCH3 is 1. The van der Waals surface area contributed by atoms with Crippen LogP contribution in [-0.2, 0) is 4.74 Å². The summed E-state index contributed by atoms with van der Waals surface area (Å²) in [6, 6.07) is 0. The smallest absolute Gasteiger partial charge is 0.129 e. The van der Waals surface area contributed by atoms with Gasteiger partial charge in [0.2, 0.25) is 0 Å². The minimum atomic E-state index is -0.753. The summed E-state index contributed by atoms with van der Waals surface area (Å²) in [6.45, 7) is 4.55. The molecule has 0 heterocycles. The van der Waals surface area contributed by atoms with Crippen LogP contribution in [0.1, 0.15) is 78.1 Å². The third-order valence-corrected chi connectivity index (χ3v) is 7.77. The minimum Gasteiger partial charge on any atom is -0.378 e. The second kappa shape index (κ2) is 7.85. The highest BCUT2D eigenvalue weighted by molar-refractivity contribution is 4.91. The predicted octanol–water partition coefficient (Wildman–Crippen LogP) is 6.02. The van der Waals surface area contributed by atoms with Gasteiger partial charge in [0.15, 0.2) is 0 Å². The number of halogens is 1. The van der Waals surface area contributed by atoms with Crippen molar-refractivity contribution in [1.29, 1.82) is 0 Å². The van der Waals surface area contributed by atoms with E-state index in [-0.39, 0.29) is 12.0 Å². The molecule has 4 unspecified atom stereocenters. The molecule has 3 saturated carbocycles. The van der Waals surface area contributed by atoms with Crippen molar-refractivity contribution in [3.05, 3.63) is 0 Å². The molecule has 0 aromatic heterocycles. The molecule has 3 fully saturated rings. The van der Waals surface area contributed by atoms with Gasteiger partial charge in [0.05, 0.1) is 6.10 Å². The second-order valence-electron chi connectivity index (χ2n) is 9.01. The molecule has 3 aliphatic carbocycles. The largest absolute Gasteiger partial charge is 0.378 e. The van der Waals surface area contributed by atoms with E-state index in [4.69, 9.17) is 4.74 Å². The second-order valence-corrected chi connectivity index (χ2v) is 9.01. The van der Waals surface area contributed by atoms with Crippen molar-refractivity contribution in [2.24, 2.45) is 35.5 Å². The summed E-state index contributed by atoms with van der Waals surface area (Å²) in [4.78, 5) is 0. The average molecular weight is 325 g/mol. The van der Waals surface area contributed by atoms with Crippen LogP contribution in [0.3, 0.4) is 0 Å². The summed E-state index contributed by atoms with van der Waals surface area (Å²) in [5.41, 5.74) is 0. The lowest BCUT2D eigenvalue weighted by Crippen LogP contribution is -2.42. The Balaban J connectivity index is 1.49. The van der Waals surface area contributed by atoms with E-state index in [0.717, 1.165) is 30.1 Å². The van der Waals surface area contributed by atoms with Crippen LogP contribution in [0.2, 0.25) is 0 Å². The summed E-state index contributed by atoms with van der Waals surface area (Å²) in [7, 11) is 1.67. The molecule has 0 bridgehead atoms. The predicted molar refractivity (Wildman–Crippen MR) is 94.2 cm³/mol. The van der Waals surface area contributed by atoms with E-state index in [0.29, 0.717) is 5.92 Å². The molecule has 0 radical (unpaired) electrons. The first-order valence-electron chi connectivity index (χ1n) is 10.3. The first kappa shape index (κ1) is 17.7. The third-order valence-electron chi connectivity index (χ3n) is 7.77. The summed E-state index contributed by atoms with van der Waals surface area (Å²) >= 11 is 0. The van der Waals surface area contributed by atoms with E-state index in [2.05, 4.69) is 13.8 Å². The molecule has 0 N–H and O–H groups in total. The number of hydrogen-bond donors (Lipinski definition) is 0. The monoisotopic (exact) mass is 324 g/mol. The van der Waals surface area contributed by atoms with Gasteiger partial charge < -0.3 is 4.74 Å². The summed E-state index contributed by atoms with van der Waals surface area (Å²) in [5, 5.41) is 0. The molecule has 0 saturated heterocycles. The van der Waals surface area contributed by atoms with Crippen molar-refractivity contribution in [3.63, 3.8) is 0 Å². The van der Waals surface area contributed by atoms with Crippen molar-refractivity contribution < 1.29 is 9.13 Å². The summed E-state index contributed by atoms with van der Waals surface area (Å²) < 4.78 is 19.9. The van der Waals surface area contributed by atoms with Crippen molar-refractivity contribution in [2.75, 3.05) is 7.11 Å². The van der Waals surface area contributed by atoms with E-state index in [9.17, 15) is 4.39 Å². The Morgan fingerprint density at radius 2 is 1.22 bits per heavy atom. The zero-order valence-corrected chi connectivity index (χ0v) is 15.5. The molecule has 1 nitrogen and oxygen atoms in total. The van der Waals surface area contributed by atoms with Gasteiger partial charge in [-0.15, -0.1) is 0 Å². The molecule has 2 heteroatoms. The van der Waals surface area contributed by atoms with Gasteiger partial charge in [0, 0.05) is 7.11 Å². The van der Waals surface area contributed by atoms with Gasteiger partial charge in [-0.05, 0) is 86.9 Å². The molecule has 4 atom stereocenters. The van der Waals surface area contributed by atoms with E-state index in [1.807, 2.05) is 0 Å². The number of rotatable bonds is 3. The SMILES string of the molecule is COC1CCC(C2CCC(C3CCC(C)CC3)CC2)C(C)C1F. The molecule has 0 amide bonds. The fourth-order valence-electron chi connectivity index (χ4n) is 6.07. The molecule has 0 spiro atoms. The van der Waals surface area contributed by atoms with E-state index >= 15 is 0 Å². The molecular formula is C21H37FO. The third kappa shape index (κ3) is 3.94. The van der Waals surface area contributed by atoms with E-state index in [1.165, 1.54) is 57.8 Å². The molecule has 3 aliphatic rings. The lowest BCUT2D eigenvalue weighted by Gasteiger charge is -2.44. The molecular weight excluding hydrogens is 287 g/mol. The van der Waals surface area contributed by atoms with Gasteiger partial charge in [-0.1, -0.05) is 26.7 Å². The van der Waals surface area contributed by atoms with Crippen molar-refractivity contribution in [1.82, 2.24) is 0 Å². The number of ether oxygens (including phenoxy) is 1. The Morgan fingerprint density at radius 3 is 1.78 bits per heavy atom. The molecule has 3 rings (SSSR count). The Labute approximate surface area is 142 Å². The van der Waals surface area contributed by atoms with Gasteiger partial charge in [0.1, 0.15) is 6.17 Å². The molecule has 0 aliphatic heterocycles. The maximum Gasteiger partial charge on any atom is 0.129 e. The summed E-state index contributed by atoms with van der Waals surface area (Å²) in [5.74, 6) is 4.50. The standard InChI is InChI=1S/C21H37FO/c1-14-4-6-16(7-5-14)17-8-10-18(11-9-17)19-12-13-20(23-3)21(22)15(19)2/h14-21H,4-13H2,1-3H3. The zero-order valence-electron chi connectivity index (χ0n) is 15.5. The maximum absolute atomic E-state index is 14.5. The lowest BCUT2D eigenvalue weighted by molar-refractivity contribution is -0.0566. The fraction of sp³-hybridized carbons (Fsp3) is 1.00. The van der Waals surface area contributed by atoms with Crippen LogP contribution in [0.25, 0.3) is 0 Å². The molecule has 0 aromatic carbocycles. The van der Waals surface area contributed by atoms with Crippen molar-refractivity contribution in [2.45, 2.75) is 90.3 Å². The Kier molecular flexibility index (Phi) is 6.04. The highest BCUT2D eigenvalue weighted by Crippen LogP contribution is 2.47. The molecule has 23 heavy (non-hydrogen) atoms. The number of alkyl halides is 1. The quantitative estimate of drug-likeness (QED) is 0.617. The Morgan fingerprint density at radius 1 is 0.696 bits per heavy atom. The highest BCUT2D eigenvalue weighted by Gasteiger charge is 2.42. The van der Waals surface area contributed by atoms with Crippen molar-refractivity contribution >= 4 is 0 Å². The van der Waals surface area contributed by atoms with E-state index in [1.54, 1.807) is 7.11 Å². The molecule has 134 valence electrons. The lowest BCUT2D eigenvalue weighted by atomic mass is 9.63. The van der Waals surface area contributed by atoms with Gasteiger partial charge in [-0.25, -0.2) is 4.39 Å². The van der Waals surface area contributed by atoms with Crippen LogP contribution in [0.4, 0.5) is 4.39 Å². The zero-order chi connectivity index (χ0) is 16.4. The number of hydrogen-bond acceptors (Lipinski definition) is 1. The van der Waals surface area contributed by atoms with Gasteiger partial charge in [0.25, 0.3) is 0 Å². The van der Waals surface area contributed by atoms with Gasteiger partial charge >= 0.3 is 0 Å². The first-order chi connectivity index (χ1) is 11.1. The Hall–Kier alpha value is -0.110. The average Bonchev–Trinajstić information content (AvgIpc) is 2.58. The van der Waals surface area contributed by atoms with Gasteiger partial charge in [-0.3, -0.25) is 0 Å². The van der Waals surface area contributed by atoms with Crippen molar-refractivity contribution in [3.8, 4) is 0 Å². The van der Waals surface area contributed by atoms with Crippen LogP contribution in [-0.4, -0.2) is 19.4 Å². The van der Waals surface area contributed by atoms with Crippen LogP contribution in [0.5, 0.6) is 0 Å². The maximum atomic E-state index is 14.5. The Bertz CT molecular complexity index is 355. The minimum absolute atomic E-state index is 0.151.